The molecule has 0 amide bonds. The third kappa shape index (κ3) is 2.87. The molecule has 0 spiro atoms. The van der Waals surface area contributed by atoms with Crippen molar-refractivity contribution < 1.29 is 0 Å². The zero-order valence-electron chi connectivity index (χ0n) is 8.38. The first-order valence-corrected chi connectivity index (χ1v) is 5.42. The first-order chi connectivity index (χ1) is 6.77. The molecule has 0 aliphatic heterocycles. The molecule has 1 heterocycles. The maximum Gasteiger partial charge on any atom is 0.123 e. The lowest BCUT2D eigenvalue weighted by molar-refractivity contribution is 0.790. The second kappa shape index (κ2) is 5.39. The molecule has 4 heteroatoms. The van der Waals surface area contributed by atoms with E-state index in [2.05, 4.69) is 17.1 Å². The van der Waals surface area contributed by atoms with E-state index >= 15 is 0 Å². The Morgan fingerprint density at radius 3 is 2.47 bits per heavy atom. The minimum absolute atomic E-state index is 0. The van der Waals surface area contributed by atoms with Crippen LogP contribution in [-0.2, 0) is 0 Å². The zero-order valence-corrected chi connectivity index (χ0v) is 10.9. The molecule has 0 saturated heterocycles. The Kier molecular flexibility index (Phi) is 4.45. The van der Waals surface area contributed by atoms with Crippen molar-refractivity contribution >= 4 is 28.3 Å². The van der Waals surface area contributed by atoms with Crippen LogP contribution < -0.4 is 5.73 Å². The summed E-state index contributed by atoms with van der Waals surface area (Å²) in [6, 6.07) is 10.2. The molecule has 0 radical (unpaired) electrons. The second-order valence-electron chi connectivity index (χ2n) is 3.23. The minimum Gasteiger partial charge on any atom is -0.323 e. The lowest BCUT2D eigenvalue weighted by Gasteiger charge is -1.98. The maximum atomic E-state index is 5.75. The number of benzene rings is 1. The normalized spacial score (nSPS) is 11.9. The van der Waals surface area contributed by atoms with Gasteiger partial charge >= 0.3 is 0 Å². The Balaban J connectivity index is 0.00000112. The van der Waals surface area contributed by atoms with Gasteiger partial charge in [-0.3, -0.25) is 0 Å². The second-order valence-corrected chi connectivity index (χ2v) is 4.09. The Morgan fingerprint density at radius 1 is 1.27 bits per heavy atom. The Labute approximate surface area is 104 Å². The highest BCUT2D eigenvalue weighted by Crippen LogP contribution is 2.24. The van der Waals surface area contributed by atoms with Gasteiger partial charge in [0.05, 0.1) is 5.69 Å². The molecule has 2 nitrogen and oxygen atoms in total. The quantitative estimate of drug-likeness (QED) is 0.918. The van der Waals surface area contributed by atoms with Gasteiger partial charge in [0.2, 0.25) is 0 Å². The monoisotopic (exact) mass is 284 g/mol. The third-order valence-electron chi connectivity index (χ3n) is 2.01. The summed E-state index contributed by atoms with van der Waals surface area (Å²) in [6.07, 6.45) is 0. The highest BCUT2D eigenvalue weighted by Gasteiger charge is 2.06. The molecule has 0 aliphatic carbocycles. The molecule has 0 saturated carbocycles. The number of nitrogens with zero attached hydrogens (tertiary/aromatic N) is 1. The molecular formula is C11H13BrN2S. The van der Waals surface area contributed by atoms with E-state index in [0.717, 1.165) is 16.3 Å². The fourth-order valence-electron chi connectivity index (χ4n) is 1.21. The molecule has 0 fully saturated rings. The number of thiazole rings is 1. The van der Waals surface area contributed by atoms with Crippen LogP contribution in [0.1, 0.15) is 18.7 Å². The topological polar surface area (TPSA) is 38.9 Å². The number of hydrogen-bond donors (Lipinski definition) is 1. The van der Waals surface area contributed by atoms with Crippen LogP contribution in [-0.4, -0.2) is 4.98 Å². The molecule has 0 bridgehead atoms. The lowest BCUT2D eigenvalue weighted by atomic mass is 10.2. The van der Waals surface area contributed by atoms with Gasteiger partial charge in [0.15, 0.2) is 0 Å². The van der Waals surface area contributed by atoms with E-state index in [4.69, 9.17) is 5.73 Å². The van der Waals surface area contributed by atoms with Crippen molar-refractivity contribution in [1.29, 1.82) is 0 Å². The Morgan fingerprint density at radius 2 is 1.93 bits per heavy atom. The Bertz CT molecular complexity index is 412. The van der Waals surface area contributed by atoms with Crippen LogP contribution >= 0.6 is 28.3 Å². The van der Waals surface area contributed by atoms with Gasteiger partial charge in [-0.2, -0.15) is 0 Å². The molecule has 80 valence electrons. The van der Waals surface area contributed by atoms with Crippen LogP contribution in [0.3, 0.4) is 0 Å². The van der Waals surface area contributed by atoms with Crippen LogP contribution in [0.25, 0.3) is 10.6 Å². The number of aromatic nitrogens is 1. The number of hydrogen-bond acceptors (Lipinski definition) is 3. The van der Waals surface area contributed by atoms with Crippen molar-refractivity contribution in [2.45, 2.75) is 13.0 Å². The molecule has 2 N–H and O–H groups in total. The van der Waals surface area contributed by atoms with Crippen molar-refractivity contribution in [2.24, 2.45) is 5.73 Å². The van der Waals surface area contributed by atoms with Crippen LogP contribution in [0.15, 0.2) is 35.7 Å². The van der Waals surface area contributed by atoms with Gasteiger partial charge in [0.25, 0.3) is 0 Å². The number of rotatable bonds is 2. The van der Waals surface area contributed by atoms with E-state index in [-0.39, 0.29) is 23.0 Å². The molecule has 2 aromatic rings. The molecule has 1 atom stereocenters. The minimum atomic E-state index is 0. The third-order valence-corrected chi connectivity index (χ3v) is 2.92. The van der Waals surface area contributed by atoms with Gasteiger partial charge < -0.3 is 5.73 Å². The summed E-state index contributed by atoms with van der Waals surface area (Å²) in [5.41, 5.74) is 7.87. The first-order valence-electron chi connectivity index (χ1n) is 4.54. The predicted octanol–water partition coefficient (Wildman–Crippen LogP) is 3.41. The van der Waals surface area contributed by atoms with E-state index in [0.29, 0.717) is 0 Å². The summed E-state index contributed by atoms with van der Waals surface area (Å²) in [7, 11) is 0. The van der Waals surface area contributed by atoms with E-state index in [1.807, 2.05) is 30.5 Å². The van der Waals surface area contributed by atoms with Crippen LogP contribution in [0.2, 0.25) is 0 Å². The zero-order chi connectivity index (χ0) is 9.97. The summed E-state index contributed by atoms with van der Waals surface area (Å²) in [5, 5.41) is 3.06. The fourth-order valence-corrected chi connectivity index (χ4v) is 2.14. The molecule has 0 aliphatic rings. The molecule has 15 heavy (non-hydrogen) atoms. The van der Waals surface area contributed by atoms with Gasteiger partial charge in [-0.05, 0) is 6.92 Å². The van der Waals surface area contributed by atoms with Crippen LogP contribution in [0.4, 0.5) is 0 Å². The molecule has 1 unspecified atom stereocenters. The first kappa shape index (κ1) is 12.4. The summed E-state index contributed by atoms with van der Waals surface area (Å²) >= 11 is 1.64. The fraction of sp³-hybridized carbons (Fsp3) is 0.182. The van der Waals surface area contributed by atoms with Gasteiger partial charge in [-0.15, -0.1) is 28.3 Å². The van der Waals surface area contributed by atoms with Crippen molar-refractivity contribution in [3.63, 3.8) is 0 Å². The van der Waals surface area contributed by atoms with Gasteiger partial charge in [0.1, 0.15) is 5.01 Å². The average Bonchev–Trinajstić information content (AvgIpc) is 2.68. The summed E-state index contributed by atoms with van der Waals surface area (Å²) < 4.78 is 0. The number of halogens is 1. The molecule has 2 rings (SSSR count). The number of nitrogens with two attached hydrogens (primary N) is 1. The summed E-state index contributed by atoms with van der Waals surface area (Å²) in [4.78, 5) is 4.47. The molecule has 1 aromatic carbocycles. The maximum absolute atomic E-state index is 5.75. The smallest absolute Gasteiger partial charge is 0.123 e. The van der Waals surface area contributed by atoms with Gasteiger partial charge in [-0.25, -0.2) is 4.98 Å². The van der Waals surface area contributed by atoms with E-state index < -0.39 is 0 Å². The van der Waals surface area contributed by atoms with Crippen LogP contribution in [0, 0.1) is 0 Å². The van der Waals surface area contributed by atoms with Crippen LogP contribution in [0.5, 0.6) is 0 Å². The van der Waals surface area contributed by atoms with Gasteiger partial charge in [0, 0.05) is 17.0 Å². The predicted molar refractivity (Wildman–Crippen MR) is 70.5 cm³/mol. The largest absolute Gasteiger partial charge is 0.323 e. The van der Waals surface area contributed by atoms with Crippen molar-refractivity contribution in [2.75, 3.05) is 0 Å². The van der Waals surface area contributed by atoms with Crippen molar-refractivity contribution in [3.05, 3.63) is 41.4 Å². The Hall–Kier alpha value is -0.710. The van der Waals surface area contributed by atoms with E-state index in [1.54, 1.807) is 11.3 Å². The lowest BCUT2D eigenvalue weighted by Crippen LogP contribution is -2.04. The highest BCUT2D eigenvalue weighted by atomic mass is 79.9. The van der Waals surface area contributed by atoms with Crippen molar-refractivity contribution in [1.82, 2.24) is 4.98 Å². The SMILES string of the molecule is Br.CC(N)c1csc(-c2ccccc2)n1. The summed E-state index contributed by atoms with van der Waals surface area (Å²) in [6.45, 7) is 1.95. The average molecular weight is 285 g/mol. The van der Waals surface area contributed by atoms with Crippen molar-refractivity contribution in [3.8, 4) is 10.6 Å². The van der Waals surface area contributed by atoms with Gasteiger partial charge in [-0.1, -0.05) is 30.3 Å². The van der Waals surface area contributed by atoms with E-state index in [9.17, 15) is 0 Å². The van der Waals surface area contributed by atoms with E-state index in [1.165, 1.54) is 0 Å². The molecule has 1 aromatic heterocycles. The highest BCUT2D eigenvalue weighted by molar-refractivity contribution is 8.93. The molecular weight excluding hydrogens is 272 g/mol. The standard InChI is InChI=1S/C11H12N2S.BrH/c1-8(12)10-7-14-11(13-10)9-5-3-2-4-6-9;/h2-8H,12H2,1H3;1H. The summed E-state index contributed by atoms with van der Waals surface area (Å²) in [5.74, 6) is 0.